The molecule has 1 atom stereocenters. The van der Waals surface area contributed by atoms with E-state index >= 15 is 0 Å². The fourth-order valence-electron chi connectivity index (χ4n) is 0.991. The predicted molar refractivity (Wildman–Crippen MR) is 56.6 cm³/mol. The van der Waals surface area contributed by atoms with E-state index in [1.807, 2.05) is 0 Å². The van der Waals surface area contributed by atoms with E-state index in [1.54, 1.807) is 24.4 Å². The summed E-state index contributed by atoms with van der Waals surface area (Å²) < 4.78 is 24.5. The first-order chi connectivity index (χ1) is 7.00. The van der Waals surface area contributed by atoms with Crippen LogP contribution in [0.1, 0.15) is 6.92 Å². The number of anilines is 1. The highest BCUT2D eigenvalue weighted by Gasteiger charge is 2.25. The largest absolute Gasteiger partial charge is 0.271 e. The van der Waals surface area contributed by atoms with Crippen molar-refractivity contribution in [3.63, 3.8) is 0 Å². The molecule has 0 saturated carbocycles. The third-order valence-corrected chi connectivity index (χ3v) is 3.99. The Hall–Kier alpha value is -1.61. The molecule has 0 spiro atoms. The van der Waals surface area contributed by atoms with Crippen LogP contribution < -0.4 is 4.31 Å². The molecule has 0 bridgehead atoms. The third-order valence-electron chi connectivity index (χ3n) is 2.02. The van der Waals surface area contributed by atoms with Crippen molar-refractivity contribution in [2.24, 2.45) is 0 Å². The van der Waals surface area contributed by atoms with Gasteiger partial charge in [-0.15, -0.1) is 0 Å². The van der Waals surface area contributed by atoms with E-state index in [0.29, 0.717) is 5.69 Å². The molecule has 0 aliphatic rings. The number of nitrogens with zero attached hydrogens (tertiary/aromatic N) is 3. The number of nitriles is 1. The van der Waals surface area contributed by atoms with Crippen molar-refractivity contribution in [2.75, 3.05) is 11.4 Å². The van der Waals surface area contributed by atoms with Crippen LogP contribution in [-0.4, -0.2) is 25.7 Å². The van der Waals surface area contributed by atoms with E-state index in [2.05, 4.69) is 4.98 Å². The van der Waals surface area contributed by atoms with Gasteiger partial charge in [0.25, 0.3) is 10.0 Å². The van der Waals surface area contributed by atoms with Gasteiger partial charge >= 0.3 is 0 Å². The molecule has 0 aliphatic carbocycles. The minimum Gasteiger partial charge on any atom is -0.271 e. The molecule has 80 valence electrons. The SMILES string of the molecule is CC(C#N)S(=O)(=O)N(C)c1cccnc1. The molecular formula is C9H11N3O2S. The molecule has 1 rings (SSSR count). The number of rotatable bonds is 3. The molecule has 0 amide bonds. The minimum absolute atomic E-state index is 0.444. The summed E-state index contributed by atoms with van der Waals surface area (Å²) in [5.41, 5.74) is 0.444. The third kappa shape index (κ3) is 2.25. The zero-order valence-corrected chi connectivity index (χ0v) is 9.27. The van der Waals surface area contributed by atoms with E-state index < -0.39 is 15.3 Å². The van der Waals surface area contributed by atoms with Crippen LogP contribution in [0.15, 0.2) is 24.5 Å². The van der Waals surface area contributed by atoms with Gasteiger partial charge < -0.3 is 0 Å². The molecule has 0 aromatic carbocycles. The van der Waals surface area contributed by atoms with Gasteiger partial charge in [-0.3, -0.25) is 9.29 Å². The maximum atomic E-state index is 11.7. The summed E-state index contributed by atoms with van der Waals surface area (Å²) >= 11 is 0. The molecule has 5 nitrogen and oxygen atoms in total. The van der Waals surface area contributed by atoms with Crippen molar-refractivity contribution in [3.05, 3.63) is 24.5 Å². The average Bonchev–Trinajstić information content (AvgIpc) is 2.28. The standard InChI is InChI=1S/C9H11N3O2S/c1-8(6-10)15(13,14)12(2)9-4-3-5-11-7-9/h3-5,7-8H,1-2H3. The summed E-state index contributed by atoms with van der Waals surface area (Å²) in [4.78, 5) is 3.82. The summed E-state index contributed by atoms with van der Waals surface area (Å²) in [6, 6.07) is 4.96. The maximum Gasteiger partial charge on any atom is 0.251 e. The minimum atomic E-state index is -3.61. The zero-order valence-electron chi connectivity index (χ0n) is 8.45. The van der Waals surface area contributed by atoms with Crippen LogP contribution in [0.5, 0.6) is 0 Å². The topological polar surface area (TPSA) is 74.1 Å². The first-order valence-corrected chi connectivity index (χ1v) is 5.78. The van der Waals surface area contributed by atoms with Gasteiger partial charge in [0, 0.05) is 13.2 Å². The lowest BCUT2D eigenvalue weighted by molar-refractivity contribution is 0.590. The van der Waals surface area contributed by atoms with Gasteiger partial charge in [0.2, 0.25) is 0 Å². The van der Waals surface area contributed by atoms with Gasteiger partial charge in [0.1, 0.15) is 0 Å². The summed E-state index contributed by atoms with van der Waals surface area (Å²) in [7, 11) is -2.21. The molecule has 1 unspecified atom stereocenters. The highest BCUT2D eigenvalue weighted by atomic mass is 32.2. The van der Waals surface area contributed by atoms with E-state index in [9.17, 15) is 8.42 Å². The van der Waals surface area contributed by atoms with Crippen molar-refractivity contribution in [3.8, 4) is 6.07 Å². The van der Waals surface area contributed by atoms with E-state index in [-0.39, 0.29) is 0 Å². The lowest BCUT2D eigenvalue weighted by atomic mass is 10.4. The van der Waals surface area contributed by atoms with E-state index in [1.165, 1.54) is 20.2 Å². The Bertz CT molecular complexity index is 464. The van der Waals surface area contributed by atoms with Gasteiger partial charge in [0.15, 0.2) is 5.25 Å². The molecule has 0 N–H and O–H groups in total. The van der Waals surface area contributed by atoms with Crippen molar-refractivity contribution in [1.29, 1.82) is 5.26 Å². The van der Waals surface area contributed by atoms with Crippen molar-refractivity contribution < 1.29 is 8.42 Å². The zero-order chi connectivity index (χ0) is 11.5. The molecule has 0 radical (unpaired) electrons. The lowest BCUT2D eigenvalue weighted by Gasteiger charge is -2.19. The Morgan fingerprint density at radius 2 is 2.27 bits per heavy atom. The van der Waals surface area contributed by atoms with Crippen LogP contribution in [0.4, 0.5) is 5.69 Å². The van der Waals surface area contributed by atoms with Crippen LogP contribution in [0, 0.1) is 11.3 Å². The van der Waals surface area contributed by atoms with Crippen LogP contribution in [0.25, 0.3) is 0 Å². The first kappa shape index (κ1) is 11.5. The predicted octanol–water partition coefficient (Wildman–Crippen LogP) is 0.760. The number of hydrogen-bond acceptors (Lipinski definition) is 4. The Kier molecular flexibility index (Phi) is 3.27. The van der Waals surface area contributed by atoms with Crippen LogP contribution in [-0.2, 0) is 10.0 Å². The number of pyridine rings is 1. The Morgan fingerprint density at radius 3 is 2.73 bits per heavy atom. The molecule has 0 aliphatic heterocycles. The van der Waals surface area contributed by atoms with Gasteiger partial charge in [-0.1, -0.05) is 0 Å². The normalized spacial score (nSPS) is 12.9. The number of sulfonamides is 1. The fraction of sp³-hybridized carbons (Fsp3) is 0.333. The molecule has 0 saturated heterocycles. The molecule has 15 heavy (non-hydrogen) atoms. The average molecular weight is 225 g/mol. The summed E-state index contributed by atoms with van der Waals surface area (Å²) in [5, 5.41) is 7.53. The highest BCUT2D eigenvalue weighted by Crippen LogP contribution is 2.16. The quantitative estimate of drug-likeness (QED) is 0.761. The van der Waals surface area contributed by atoms with Crippen molar-refractivity contribution in [1.82, 2.24) is 4.98 Å². The van der Waals surface area contributed by atoms with E-state index in [0.717, 1.165) is 4.31 Å². The van der Waals surface area contributed by atoms with Gasteiger partial charge in [-0.25, -0.2) is 8.42 Å². The van der Waals surface area contributed by atoms with Crippen molar-refractivity contribution >= 4 is 15.7 Å². The van der Waals surface area contributed by atoms with E-state index in [4.69, 9.17) is 5.26 Å². The smallest absolute Gasteiger partial charge is 0.251 e. The molecule has 1 heterocycles. The monoisotopic (exact) mass is 225 g/mol. The van der Waals surface area contributed by atoms with Gasteiger partial charge in [0.05, 0.1) is 18.0 Å². The summed E-state index contributed by atoms with van der Waals surface area (Å²) in [5.74, 6) is 0. The van der Waals surface area contributed by atoms with Gasteiger partial charge in [-0.05, 0) is 19.1 Å². The van der Waals surface area contributed by atoms with Gasteiger partial charge in [-0.2, -0.15) is 5.26 Å². The Balaban J connectivity index is 3.07. The summed E-state index contributed by atoms with van der Waals surface area (Å²) in [6.07, 6.45) is 2.99. The highest BCUT2D eigenvalue weighted by molar-refractivity contribution is 7.93. The molecule has 0 fully saturated rings. The van der Waals surface area contributed by atoms with Crippen molar-refractivity contribution in [2.45, 2.75) is 12.2 Å². The van der Waals surface area contributed by atoms with Crippen LogP contribution in [0.2, 0.25) is 0 Å². The molecule has 6 heteroatoms. The lowest BCUT2D eigenvalue weighted by Crippen LogP contribution is -2.33. The number of aromatic nitrogens is 1. The second-order valence-electron chi connectivity index (χ2n) is 2.99. The molecule has 1 aromatic heterocycles. The maximum absolute atomic E-state index is 11.7. The van der Waals surface area contributed by atoms with Crippen LogP contribution in [0.3, 0.4) is 0 Å². The number of hydrogen-bond donors (Lipinski definition) is 0. The first-order valence-electron chi connectivity index (χ1n) is 4.27. The molecular weight excluding hydrogens is 214 g/mol. The Labute approximate surface area is 89.0 Å². The second-order valence-corrected chi connectivity index (χ2v) is 5.28. The molecule has 1 aromatic rings. The Morgan fingerprint density at radius 1 is 1.60 bits per heavy atom. The van der Waals surface area contributed by atoms with Crippen LogP contribution >= 0.6 is 0 Å². The fourth-order valence-corrected chi connectivity index (χ4v) is 2.00. The summed E-state index contributed by atoms with van der Waals surface area (Å²) in [6.45, 7) is 1.35. The second kappa shape index (κ2) is 4.28.